The molecular formula is C21H19O3P. The molecule has 0 aliphatic heterocycles. The van der Waals surface area contributed by atoms with Crippen LogP contribution in [0.4, 0.5) is 0 Å². The molecule has 0 atom stereocenters. The van der Waals surface area contributed by atoms with Crippen molar-refractivity contribution in [2.45, 2.75) is 0 Å². The predicted octanol–water partition coefficient (Wildman–Crippen LogP) is 2.84. The van der Waals surface area contributed by atoms with Gasteiger partial charge in [-0.15, -0.1) is 0 Å². The van der Waals surface area contributed by atoms with Crippen LogP contribution in [0, 0.1) is 0 Å². The van der Waals surface area contributed by atoms with E-state index in [4.69, 9.17) is 9.84 Å². The minimum atomic E-state index is -2.22. The van der Waals surface area contributed by atoms with Crippen molar-refractivity contribution in [2.75, 3.05) is 6.61 Å². The summed E-state index contributed by atoms with van der Waals surface area (Å²) < 4.78 is 5.55. The number of carboxylic acid groups (broad SMARTS) is 1. The van der Waals surface area contributed by atoms with E-state index in [9.17, 15) is 4.79 Å². The third-order valence-corrected chi connectivity index (χ3v) is 7.73. The van der Waals surface area contributed by atoms with Gasteiger partial charge in [-0.25, -0.2) is 4.79 Å². The van der Waals surface area contributed by atoms with Crippen LogP contribution in [0.15, 0.2) is 91.0 Å². The molecule has 3 aromatic carbocycles. The minimum Gasteiger partial charge on any atom is -0.480 e. The third kappa shape index (κ3) is 3.74. The van der Waals surface area contributed by atoms with E-state index in [1.54, 1.807) is 5.98 Å². The number of rotatable bonds is 6. The van der Waals surface area contributed by atoms with Gasteiger partial charge in [-0.2, -0.15) is 0 Å². The fourth-order valence-corrected chi connectivity index (χ4v) is 6.32. The van der Waals surface area contributed by atoms with Crippen LogP contribution in [0.5, 0.6) is 0 Å². The summed E-state index contributed by atoms with van der Waals surface area (Å²) in [4.78, 5) is 11.0. The largest absolute Gasteiger partial charge is 0.480 e. The second-order valence-electron chi connectivity index (χ2n) is 5.54. The molecule has 0 radical (unpaired) electrons. The van der Waals surface area contributed by atoms with E-state index in [1.807, 2.05) is 54.6 Å². The lowest BCUT2D eigenvalue weighted by Crippen LogP contribution is -2.27. The van der Waals surface area contributed by atoms with Crippen molar-refractivity contribution in [3.63, 3.8) is 0 Å². The van der Waals surface area contributed by atoms with Gasteiger partial charge in [-0.05, 0) is 22.8 Å². The van der Waals surface area contributed by atoms with E-state index in [2.05, 4.69) is 36.4 Å². The molecule has 4 heteroatoms. The predicted molar refractivity (Wildman–Crippen MR) is 105 cm³/mol. The number of aliphatic carboxylic acids is 1. The zero-order chi connectivity index (χ0) is 17.5. The first-order chi connectivity index (χ1) is 12.2. The molecule has 0 aliphatic carbocycles. The zero-order valence-corrected chi connectivity index (χ0v) is 14.6. The van der Waals surface area contributed by atoms with Crippen LogP contribution in [0.3, 0.4) is 0 Å². The highest BCUT2D eigenvalue weighted by Crippen LogP contribution is 2.43. The summed E-state index contributed by atoms with van der Waals surface area (Å²) in [6.07, 6.45) is 0. The SMILES string of the molecule is O=C(O)COC=P(c1ccccc1)(c1ccccc1)c1ccccc1. The van der Waals surface area contributed by atoms with Gasteiger partial charge >= 0.3 is 5.97 Å². The smallest absolute Gasteiger partial charge is 0.330 e. The van der Waals surface area contributed by atoms with Crippen LogP contribution in [0.1, 0.15) is 0 Å². The van der Waals surface area contributed by atoms with E-state index in [0.29, 0.717) is 0 Å². The second kappa shape index (κ2) is 7.98. The quantitative estimate of drug-likeness (QED) is 0.696. The molecule has 0 amide bonds. The Bertz CT molecular complexity index is 771. The maximum absolute atomic E-state index is 11.0. The highest BCUT2D eigenvalue weighted by molar-refractivity contribution is 7.94. The normalized spacial score (nSPS) is 11.0. The van der Waals surface area contributed by atoms with Crippen molar-refractivity contribution >= 4 is 34.8 Å². The van der Waals surface area contributed by atoms with Crippen LogP contribution in [0.2, 0.25) is 0 Å². The van der Waals surface area contributed by atoms with Crippen LogP contribution >= 0.6 is 6.89 Å². The van der Waals surface area contributed by atoms with Gasteiger partial charge in [0, 0.05) is 5.98 Å². The molecule has 25 heavy (non-hydrogen) atoms. The van der Waals surface area contributed by atoms with E-state index in [1.165, 1.54) is 0 Å². The van der Waals surface area contributed by atoms with Crippen LogP contribution in [-0.2, 0) is 9.53 Å². The number of benzene rings is 3. The molecule has 0 saturated heterocycles. The van der Waals surface area contributed by atoms with Crippen molar-refractivity contribution in [3.8, 4) is 0 Å². The number of carbonyl (C=O) groups is 1. The van der Waals surface area contributed by atoms with Crippen molar-refractivity contribution in [3.05, 3.63) is 91.0 Å². The Hall–Kier alpha value is -2.61. The Morgan fingerprint density at radius 1 is 0.760 bits per heavy atom. The highest BCUT2D eigenvalue weighted by atomic mass is 31.2. The Morgan fingerprint density at radius 2 is 1.12 bits per heavy atom. The molecule has 126 valence electrons. The first kappa shape index (κ1) is 17.2. The van der Waals surface area contributed by atoms with Gasteiger partial charge in [0.15, 0.2) is 0 Å². The van der Waals surface area contributed by atoms with Crippen molar-refractivity contribution in [1.82, 2.24) is 0 Å². The molecule has 0 heterocycles. The summed E-state index contributed by atoms with van der Waals surface area (Å²) in [5, 5.41) is 12.4. The Kier molecular flexibility index (Phi) is 5.49. The van der Waals surface area contributed by atoms with Gasteiger partial charge in [0.2, 0.25) is 0 Å². The summed E-state index contributed by atoms with van der Waals surface area (Å²) in [7, 11) is 0. The maximum Gasteiger partial charge on any atom is 0.330 e. The first-order valence-electron chi connectivity index (χ1n) is 7.97. The zero-order valence-electron chi connectivity index (χ0n) is 13.7. The standard InChI is InChI=1S/C21H19O3P/c22-21(23)16-24-17-25(18-10-4-1-5-11-18,19-12-6-2-7-13-19)20-14-8-3-9-15-20/h1-15,17H,16H2,(H,22,23). The average Bonchev–Trinajstić information content (AvgIpc) is 2.67. The van der Waals surface area contributed by atoms with E-state index in [-0.39, 0.29) is 6.61 Å². The minimum absolute atomic E-state index is 0.353. The molecule has 0 saturated carbocycles. The van der Waals surface area contributed by atoms with Crippen LogP contribution in [-0.4, -0.2) is 23.7 Å². The summed E-state index contributed by atoms with van der Waals surface area (Å²) in [5.74, 6) is 0.768. The van der Waals surface area contributed by atoms with Gasteiger partial charge in [-0.1, -0.05) is 91.0 Å². The molecule has 1 N–H and O–H groups in total. The van der Waals surface area contributed by atoms with Gasteiger partial charge in [-0.3, -0.25) is 0 Å². The fraction of sp³-hybridized carbons (Fsp3) is 0.0476. The number of ether oxygens (including phenoxy) is 1. The molecule has 3 aromatic rings. The second-order valence-corrected chi connectivity index (χ2v) is 8.74. The molecule has 0 aliphatic rings. The lowest BCUT2D eigenvalue weighted by Gasteiger charge is -2.28. The topological polar surface area (TPSA) is 46.5 Å². The first-order valence-corrected chi connectivity index (χ1v) is 9.82. The van der Waals surface area contributed by atoms with E-state index in [0.717, 1.165) is 15.9 Å². The van der Waals surface area contributed by atoms with Crippen molar-refractivity contribution in [2.24, 2.45) is 0 Å². The Labute approximate surface area is 147 Å². The van der Waals surface area contributed by atoms with E-state index < -0.39 is 12.9 Å². The maximum atomic E-state index is 11.0. The molecule has 0 aromatic heterocycles. The van der Waals surface area contributed by atoms with Crippen LogP contribution < -0.4 is 15.9 Å². The molecule has 0 fully saturated rings. The highest BCUT2D eigenvalue weighted by Gasteiger charge is 2.25. The molecular weight excluding hydrogens is 331 g/mol. The molecule has 3 rings (SSSR count). The Morgan fingerprint density at radius 3 is 1.44 bits per heavy atom. The van der Waals surface area contributed by atoms with Gasteiger partial charge in [0.25, 0.3) is 0 Å². The van der Waals surface area contributed by atoms with Gasteiger partial charge in [0.1, 0.15) is 6.61 Å². The van der Waals surface area contributed by atoms with Crippen molar-refractivity contribution < 1.29 is 14.6 Å². The summed E-state index contributed by atoms with van der Waals surface area (Å²) in [5.41, 5.74) is 0. The van der Waals surface area contributed by atoms with Crippen LogP contribution in [0.25, 0.3) is 0 Å². The summed E-state index contributed by atoms with van der Waals surface area (Å²) in [6.45, 7) is -2.57. The fourth-order valence-electron chi connectivity index (χ4n) is 2.84. The number of carboxylic acids is 1. The van der Waals surface area contributed by atoms with Gasteiger partial charge < -0.3 is 9.84 Å². The lowest BCUT2D eigenvalue weighted by molar-refractivity contribution is -0.139. The summed E-state index contributed by atoms with van der Waals surface area (Å²) in [6, 6.07) is 30.4. The molecule has 0 spiro atoms. The van der Waals surface area contributed by atoms with Gasteiger partial charge in [0.05, 0.1) is 0 Å². The molecule has 0 bridgehead atoms. The number of hydrogen-bond donors (Lipinski definition) is 1. The van der Waals surface area contributed by atoms with Crippen molar-refractivity contribution in [1.29, 1.82) is 0 Å². The lowest BCUT2D eigenvalue weighted by atomic mass is 10.4. The molecule has 3 nitrogen and oxygen atoms in total. The van der Waals surface area contributed by atoms with E-state index >= 15 is 0 Å². The summed E-state index contributed by atoms with van der Waals surface area (Å²) >= 11 is 0. The number of hydrogen-bond acceptors (Lipinski definition) is 2. The monoisotopic (exact) mass is 350 g/mol. The average molecular weight is 350 g/mol. The molecule has 0 unspecified atom stereocenters. The Balaban J connectivity index is 2.30. The third-order valence-electron chi connectivity index (χ3n) is 3.93.